The molecule has 2 atom stereocenters. The summed E-state index contributed by atoms with van der Waals surface area (Å²) in [5, 5.41) is 0. The summed E-state index contributed by atoms with van der Waals surface area (Å²) in [6, 6.07) is 6.06. The van der Waals surface area contributed by atoms with Crippen LogP contribution < -0.4 is 0 Å². The Labute approximate surface area is 120 Å². The van der Waals surface area contributed by atoms with Crippen LogP contribution in [0, 0.1) is 19.8 Å². The number of hydrogen-bond donors (Lipinski definition) is 0. The van der Waals surface area contributed by atoms with Gasteiger partial charge in [0.1, 0.15) is 0 Å². The van der Waals surface area contributed by atoms with Crippen molar-refractivity contribution in [2.45, 2.75) is 38.7 Å². The van der Waals surface area contributed by atoms with Gasteiger partial charge in [-0.15, -0.1) is 0 Å². The minimum Gasteiger partial charge on any atom is -0.378 e. The number of aryl methyl sites for hydroxylation is 2. The van der Waals surface area contributed by atoms with Gasteiger partial charge in [0, 0.05) is 31.1 Å². The van der Waals surface area contributed by atoms with Gasteiger partial charge < -0.3 is 9.47 Å². The molecule has 2 saturated heterocycles. The average molecular weight is 274 g/mol. The molecule has 2 aliphatic rings. The van der Waals surface area contributed by atoms with Crippen LogP contribution in [0.1, 0.15) is 40.7 Å². The normalized spacial score (nSPS) is 29.8. The minimum atomic E-state index is -0.199. The Kier molecular flexibility index (Phi) is 3.65. The summed E-state index contributed by atoms with van der Waals surface area (Å²) in [5.74, 6) is 0.362. The zero-order valence-electron chi connectivity index (χ0n) is 12.3. The highest BCUT2D eigenvalue weighted by molar-refractivity contribution is 6.00. The molecule has 2 heterocycles. The predicted molar refractivity (Wildman–Crippen MR) is 77.1 cm³/mol. The molecule has 0 amide bonds. The van der Waals surface area contributed by atoms with Crippen molar-refractivity contribution in [1.29, 1.82) is 0 Å². The van der Waals surface area contributed by atoms with E-state index in [4.69, 9.17) is 9.47 Å². The first kappa shape index (κ1) is 13.8. The highest BCUT2D eigenvalue weighted by Gasteiger charge is 2.43. The molecule has 3 nitrogen and oxygen atoms in total. The molecule has 2 fully saturated rings. The lowest BCUT2D eigenvalue weighted by Gasteiger charge is -2.36. The first-order valence-electron chi connectivity index (χ1n) is 7.43. The SMILES string of the molecule is Cc1cccc(C)c1C(=O)C1CCOC2(CCOC2)C1. The van der Waals surface area contributed by atoms with E-state index in [9.17, 15) is 4.79 Å². The number of carbonyl (C=O) groups is 1. The number of rotatable bonds is 2. The van der Waals surface area contributed by atoms with Gasteiger partial charge >= 0.3 is 0 Å². The first-order chi connectivity index (χ1) is 9.61. The monoisotopic (exact) mass is 274 g/mol. The average Bonchev–Trinajstić information content (AvgIpc) is 2.86. The van der Waals surface area contributed by atoms with Crippen molar-refractivity contribution in [2.24, 2.45) is 5.92 Å². The lowest BCUT2D eigenvalue weighted by Crippen LogP contribution is -2.42. The zero-order chi connectivity index (χ0) is 14.2. The molecule has 0 bridgehead atoms. The van der Waals surface area contributed by atoms with E-state index < -0.39 is 0 Å². The molecule has 0 radical (unpaired) electrons. The molecular weight excluding hydrogens is 252 g/mol. The molecule has 0 aliphatic carbocycles. The third-order valence-corrected chi connectivity index (χ3v) is 4.66. The summed E-state index contributed by atoms with van der Waals surface area (Å²) in [6.07, 6.45) is 2.55. The Morgan fingerprint density at radius 2 is 2.00 bits per heavy atom. The van der Waals surface area contributed by atoms with Gasteiger partial charge in [0.05, 0.1) is 12.2 Å². The summed E-state index contributed by atoms with van der Waals surface area (Å²) < 4.78 is 11.4. The highest BCUT2D eigenvalue weighted by atomic mass is 16.6. The Morgan fingerprint density at radius 3 is 2.65 bits per heavy atom. The smallest absolute Gasteiger partial charge is 0.166 e. The van der Waals surface area contributed by atoms with Crippen molar-refractivity contribution in [1.82, 2.24) is 0 Å². The molecular formula is C17H22O3. The molecule has 3 rings (SSSR count). The minimum absolute atomic E-state index is 0.0743. The predicted octanol–water partition coefficient (Wildman–Crippen LogP) is 3.07. The molecule has 0 aromatic heterocycles. The molecule has 20 heavy (non-hydrogen) atoms. The second-order valence-electron chi connectivity index (χ2n) is 6.15. The fourth-order valence-electron chi connectivity index (χ4n) is 3.52. The van der Waals surface area contributed by atoms with Gasteiger partial charge in [-0.05, 0) is 37.8 Å². The van der Waals surface area contributed by atoms with Crippen molar-refractivity contribution in [3.63, 3.8) is 0 Å². The Morgan fingerprint density at radius 1 is 1.25 bits per heavy atom. The van der Waals surface area contributed by atoms with Crippen LogP contribution in [0.5, 0.6) is 0 Å². The lowest BCUT2D eigenvalue weighted by molar-refractivity contribution is -0.0920. The van der Waals surface area contributed by atoms with Gasteiger partial charge in [-0.3, -0.25) is 4.79 Å². The van der Waals surface area contributed by atoms with Gasteiger partial charge in [0.25, 0.3) is 0 Å². The first-order valence-corrected chi connectivity index (χ1v) is 7.43. The number of ketones is 1. The van der Waals surface area contributed by atoms with E-state index in [-0.39, 0.29) is 17.3 Å². The van der Waals surface area contributed by atoms with E-state index in [1.165, 1.54) is 0 Å². The molecule has 0 saturated carbocycles. The van der Waals surface area contributed by atoms with Crippen LogP contribution >= 0.6 is 0 Å². The lowest BCUT2D eigenvalue weighted by atomic mass is 9.79. The van der Waals surface area contributed by atoms with Gasteiger partial charge in [-0.1, -0.05) is 18.2 Å². The fourth-order valence-corrected chi connectivity index (χ4v) is 3.52. The van der Waals surface area contributed by atoms with Crippen LogP contribution in [0.4, 0.5) is 0 Å². The molecule has 1 aromatic rings. The summed E-state index contributed by atoms with van der Waals surface area (Å²) in [4.78, 5) is 12.9. The molecule has 2 aliphatic heterocycles. The number of ether oxygens (including phenoxy) is 2. The van der Waals surface area contributed by atoms with Crippen molar-refractivity contribution >= 4 is 5.78 Å². The third-order valence-electron chi connectivity index (χ3n) is 4.66. The molecule has 0 N–H and O–H groups in total. The van der Waals surface area contributed by atoms with E-state index >= 15 is 0 Å². The number of Topliss-reactive ketones (excluding diaryl/α,β-unsaturated/α-hetero) is 1. The summed E-state index contributed by atoms with van der Waals surface area (Å²) in [5.41, 5.74) is 2.87. The molecule has 1 aromatic carbocycles. The maximum Gasteiger partial charge on any atom is 0.166 e. The van der Waals surface area contributed by atoms with Gasteiger partial charge in [-0.2, -0.15) is 0 Å². The largest absolute Gasteiger partial charge is 0.378 e. The number of carbonyl (C=O) groups excluding carboxylic acids is 1. The number of hydrogen-bond acceptors (Lipinski definition) is 3. The molecule has 3 heteroatoms. The Hall–Kier alpha value is -1.19. The highest BCUT2D eigenvalue weighted by Crippen LogP contribution is 2.37. The van der Waals surface area contributed by atoms with Gasteiger partial charge in [0.15, 0.2) is 5.78 Å². The van der Waals surface area contributed by atoms with Crippen LogP contribution in [0.3, 0.4) is 0 Å². The Balaban J connectivity index is 1.83. The second kappa shape index (κ2) is 5.30. The van der Waals surface area contributed by atoms with E-state index in [1.54, 1.807) is 0 Å². The van der Waals surface area contributed by atoms with Crippen LogP contribution in [-0.4, -0.2) is 31.2 Å². The summed E-state index contributed by atoms with van der Waals surface area (Å²) in [6.45, 7) is 6.11. The van der Waals surface area contributed by atoms with Crippen molar-refractivity contribution in [3.05, 3.63) is 34.9 Å². The van der Waals surface area contributed by atoms with Gasteiger partial charge in [-0.25, -0.2) is 0 Å². The van der Waals surface area contributed by atoms with Crippen LogP contribution in [0.2, 0.25) is 0 Å². The van der Waals surface area contributed by atoms with Crippen molar-refractivity contribution < 1.29 is 14.3 Å². The standard InChI is InChI=1S/C17H22O3/c1-12-4-3-5-13(2)15(12)16(18)14-6-8-20-17(10-14)7-9-19-11-17/h3-5,14H,6-11H2,1-2H3. The van der Waals surface area contributed by atoms with Crippen molar-refractivity contribution in [2.75, 3.05) is 19.8 Å². The van der Waals surface area contributed by atoms with Crippen LogP contribution in [0.15, 0.2) is 18.2 Å². The molecule has 2 unspecified atom stereocenters. The number of benzene rings is 1. The van der Waals surface area contributed by atoms with Gasteiger partial charge in [0.2, 0.25) is 0 Å². The zero-order valence-corrected chi connectivity index (χ0v) is 12.3. The fraction of sp³-hybridized carbons (Fsp3) is 0.588. The maximum absolute atomic E-state index is 12.9. The second-order valence-corrected chi connectivity index (χ2v) is 6.15. The Bertz CT molecular complexity index is 495. The molecule has 1 spiro atoms. The van der Waals surface area contributed by atoms with Crippen LogP contribution in [0.25, 0.3) is 0 Å². The third kappa shape index (κ3) is 2.40. The van der Waals surface area contributed by atoms with E-state index in [1.807, 2.05) is 32.0 Å². The summed E-state index contributed by atoms with van der Waals surface area (Å²) >= 11 is 0. The maximum atomic E-state index is 12.9. The molecule has 108 valence electrons. The van der Waals surface area contributed by atoms with E-state index in [2.05, 4.69) is 0 Å². The van der Waals surface area contributed by atoms with Crippen molar-refractivity contribution in [3.8, 4) is 0 Å². The quantitative estimate of drug-likeness (QED) is 0.777. The van der Waals surface area contributed by atoms with Crippen LogP contribution in [-0.2, 0) is 9.47 Å². The van der Waals surface area contributed by atoms with E-state index in [0.29, 0.717) is 13.2 Å². The summed E-state index contributed by atoms with van der Waals surface area (Å²) in [7, 11) is 0. The van der Waals surface area contributed by atoms with E-state index in [0.717, 1.165) is 42.6 Å². The topological polar surface area (TPSA) is 35.5 Å².